The van der Waals surface area contributed by atoms with Crippen LogP contribution in [0, 0.1) is 0 Å². The lowest BCUT2D eigenvalue weighted by molar-refractivity contribution is 0.0951. The Labute approximate surface area is 111 Å². The normalized spacial score (nSPS) is 9.95. The van der Waals surface area contributed by atoms with Crippen LogP contribution in [-0.4, -0.2) is 18.0 Å². The van der Waals surface area contributed by atoms with Gasteiger partial charge in [0.05, 0.1) is 12.7 Å². The number of para-hydroxylation sites is 1. The summed E-state index contributed by atoms with van der Waals surface area (Å²) in [5, 5.41) is 2.79. The third kappa shape index (κ3) is 3.01. The molecule has 0 fully saturated rings. The molecule has 1 amide bonds. The molecule has 1 heterocycles. The second-order valence-electron chi connectivity index (χ2n) is 3.96. The van der Waals surface area contributed by atoms with E-state index in [1.807, 2.05) is 24.3 Å². The number of hydrogen-bond donors (Lipinski definition) is 2. The Morgan fingerprint density at radius 1 is 1.37 bits per heavy atom. The molecule has 2 aromatic rings. The molecule has 0 unspecified atom stereocenters. The van der Waals surface area contributed by atoms with Crippen LogP contribution in [0.25, 0.3) is 0 Å². The number of benzene rings is 1. The molecular formula is C14H15N3O2. The number of rotatable bonds is 4. The molecule has 19 heavy (non-hydrogen) atoms. The molecule has 1 aromatic carbocycles. The van der Waals surface area contributed by atoms with E-state index in [1.54, 1.807) is 19.4 Å². The van der Waals surface area contributed by atoms with Crippen molar-refractivity contribution in [3.63, 3.8) is 0 Å². The molecule has 98 valence electrons. The molecule has 0 radical (unpaired) electrons. The number of nitrogens with zero attached hydrogens (tertiary/aromatic N) is 1. The zero-order chi connectivity index (χ0) is 13.7. The zero-order valence-electron chi connectivity index (χ0n) is 10.6. The maximum atomic E-state index is 12.0. The fraction of sp³-hybridized carbons (Fsp3) is 0.143. The van der Waals surface area contributed by atoms with Crippen molar-refractivity contribution in [2.24, 2.45) is 0 Å². The number of aromatic nitrogens is 1. The molecule has 0 aliphatic heterocycles. The molecule has 0 saturated carbocycles. The van der Waals surface area contributed by atoms with Crippen LogP contribution in [0.3, 0.4) is 0 Å². The fourth-order valence-corrected chi connectivity index (χ4v) is 1.71. The molecule has 0 bridgehead atoms. The van der Waals surface area contributed by atoms with Crippen LogP contribution in [0.1, 0.15) is 15.9 Å². The summed E-state index contributed by atoms with van der Waals surface area (Å²) >= 11 is 0. The summed E-state index contributed by atoms with van der Waals surface area (Å²) in [6.07, 6.45) is 3.00. The Morgan fingerprint density at radius 3 is 2.89 bits per heavy atom. The van der Waals surface area contributed by atoms with E-state index in [2.05, 4.69) is 10.3 Å². The van der Waals surface area contributed by atoms with Gasteiger partial charge in [0.2, 0.25) is 0 Å². The molecule has 5 nitrogen and oxygen atoms in total. The van der Waals surface area contributed by atoms with Gasteiger partial charge in [0.25, 0.3) is 5.91 Å². The molecule has 0 atom stereocenters. The van der Waals surface area contributed by atoms with Gasteiger partial charge in [-0.05, 0) is 12.1 Å². The van der Waals surface area contributed by atoms with E-state index in [0.717, 1.165) is 11.3 Å². The second kappa shape index (κ2) is 5.86. The molecule has 3 N–H and O–H groups in total. The number of pyridine rings is 1. The summed E-state index contributed by atoms with van der Waals surface area (Å²) in [4.78, 5) is 15.9. The van der Waals surface area contributed by atoms with Crippen molar-refractivity contribution in [2.45, 2.75) is 6.54 Å². The Bertz CT molecular complexity index is 584. The molecule has 0 aliphatic carbocycles. The van der Waals surface area contributed by atoms with Crippen molar-refractivity contribution in [1.82, 2.24) is 10.3 Å². The number of methoxy groups -OCH3 is 1. The number of hydrogen-bond acceptors (Lipinski definition) is 4. The number of nitrogens with two attached hydrogens (primary N) is 1. The SMILES string of the molecule is COc1ccccc1CNC(=O)c1cnccc1N. The van der Waals surface area contributed by atoms with Crippen LogP contribution in [0.4, 0.5) is 5.69 Å². The second-order valence-corrected chi connectivity index (χ2v) is 3.96. The Balaban J connectivity index is 2.07. The largest absolute Gasteiger partial charge is 0.496 e. The molecule has 0 saturated heterocycles. The topological polar surface area (TPSA) is 77.2 Å². The average molecular weight is 257 g/mol. The molecule has 0 spiro atoms. The van der Waals surface area contributed by atoms with Crippen LogP contribution in [0.5, 0.6) is 5.75 Å². The molecule has 0 aliphatic rings. The van der Waals surface area contributed by atoms with Crippen LogP contribution in [0.2, 0.25) is 0 Å². The number of amides is 1. The predicted molar refractivity (Wildman–Crippen MR) is 72.8 cm³/mol. The van der Waals surface area contributed by atoms with Gasteiger partial charge in [-0.15, -0.1) is 0 Å². The van der Waals surface area contributed by atoms with Crippen molar-refractivity contribution >= 4 is 11.6 Å². The first kappa shape index (κ1) is 12.9. The molecule has 2 rings (SSSR count). The van der Waals surface area contributed by atoms with Crippen molar-refractivity contribution in [1.29, 1.82) is 0 Å². The highest BCUT2D eigenvalue weighted by Gasteiger charge is 2.10. The Hall–Kier alpha value is -2.56. The summed E-state index contributed by atoms with van der Waals surface area (Å²) in [5.41, 5.74) is 7.41. The first-order valence-electron chi connectivity index (χ1n) is 5.82. The van der Waals surface area contributed by atoms with E-state index in [-0.39, 0.29) is 5.91 Å². The van der Waals surface area contributed by atoms with E-state index in [0.29, 0.717) is 17.8 Å². The lowest BCUT2D eigenvalue weighted by atomic mass is 10.2. The predicted octanol–water partition coefficient (Wildman–Crippen LogP) is 1.60. The van der Waals surface area contributed by atoms with E-state index < -0.39 is 0 Å². The highest BCUT2D eigenvalue weighted by Crippen LogP contribution is 2.17. The van der Waals surface area contributed by atoms with Crippen LogP contribution >= 0.6 is 0 Å². The van der Waals surface area contributed by atoms with Crippen molar-refractivity contribution < 1.29 is 9.53 Å². The standard InChI is InChI=1S/C14H15N3O2/c1-19-13-5-3-2-4-10(13)8-17-14(18)11-9-16-7-6-12(11)15/h2-7,9H,8H2,1H3,(H2,15,16)(H,17,18). The molecular weight excluding hydrogens is 242 g/mol. The van der Waals surface area contributed by atoms with Crippen LogP contribution in [-0.2, 0) is 6.54 Å². The van der Waals surface area contributed by atoms with Crippen molar-refractivity contribution in [3.8, 4) is 5.75 Å². The minimum absolute atomic E-state index is 0.253. The van der Waals surface area contributed by atoms with Gasteiger partial charge in [-0.3, -0.25) is 9.78 Å². The zero-order valence-corrected chi connectivity index (χ0v) is 10.6. The highest BCUT2D eigenvalue weighted by molar-refractivity contribution is 5.98. The summed E-state index contributed by atoms with van der Waals surface area (Å²) in [7, 11) is 1.60. The van der Waals surface area contributed by atoms with Gasteiger partial charge < -0.3 is 15.8 Å². The van der Waals surface area contributed by atoms with Gasteiger partial charge in [-0.1, -0.05) is 18.2 Å². The quantitative estimate of drug-likeness (QED) is 0.872. The number of carbonyl (C=O) groups excluding carboxylic acids is 1. The molecule has 5 heteroatoms. The van der Waals surface area contributed by atoms with Gasteiger partial charge in [-0.2, -0.15) is 0 Å². The van der Waals surface area contributed by atoms with E-state index >= 15 is 0 Å². The van der Waals surface area contributed by atoms with Crippen LogP contribution < -0.4 is 15.8 Å². The fourth-order valence-electron chi connectivity index (χ4n) is 1.71. The maximum absolute atomic E-state index is 12.0. The summed E-state index contributed by atoms with van der Waals surface area (Å²) in [6, 6.07) is 9.11. The van der Waals surface area contributed by atoms with Crippen molar-refractivity contribution in [3.05, 3.63) is 53.9 Å². The average Bonchev–Trinajstić information content (AvgIpc) is 2.45. The Kier molecular flexibility index (Phi) is 3.97. The van der Waals surface area contributed by atoms with Gasteiger partial charge in [0.15, 0.2) is 0 Å². The smallest absolute Gasteiger partial charge is 0.255 e. The van der Waals surface area contributed by atoms with E-state index in [1.165, 1.54) is 6.20 Å². The van der Waals surface area contributed by atoms with Crippen molar-refractivity contribution in [2.75, 3.05) is 12.8 Å². The van der Waals surface area contributed by atoms with E-state index in [9.17, 15) is 4.79 Å². The number of carbonyl (C=O) groups is 1. The molecule has 1 aromatic heterocycles. The minimum atomic E-state index is -0.253. The first-order valence-corrected chi connectivity index (χ1v) is 5.82. The third-order valence-corrected chi connectivity index (χ3v) is 2.73. The van der Waals surface area contributed by atoms with E-state index in [4.69, 9.17) is 10.5 Å². The Morgan fingerprint density at radius 2 is 2.16 bits per heavy atom. The van der Waals surface area contributed by atoms with Gasteiger partial charge in [0, 0.05) is 30.2 Å². The highest BCUT2D eigenvalue weighted by atomic mass is 16.5. The lowest BCUT2D eigenvalue weighted by Crippen LogP contribution is -2.24. The number of nitrogen functional groups attached to an aromatic ring is 1. The summed E-state index contributed by atoms with van der Waals surface area (Å²) < 4.78 is 5.22. The summed E-state index contributed by atoms with van der Waals surface area (Å²) in [6.45, 7) is 0.372. The van der Waals surface area contributed by atoms with Crippen LogP contribution in [0.15, 0.2) is 42.7 Å². The van der Waals surface area contributed by atoms with Gasteiger partial charge in [-0.25, -0.2) is 0 Å². The monoisotopic (exact) mass is 257 g/mol. The number of ether oxygens (including phenoxy) is 1. The summed E-state index contributed by atoms with van der Waals surface area (Å²) in [5.74, 6) is 0.485. The lowest BCUT2D eigenvalue weighted by Gasteiger charge is -2.10. The number of anilines is 1. The third-order valence-electron chi connectivity index (χ3n) is 2.73. The van der Waals surface area contributed by atoms with Gasteiger partial charge in [0.1, 0.15) is 5.75 Å². The number of nitrogens with one attached hydrogen (secondary N) is 1. The van der Waals surface area contributed by atoms with Gasteiger partial charge >= 0.3 is 0 Å². The first-order chi connectivity index (χ1) is 9.22. The maximum Gasteiger partial charge on any atom is 0.255 e. The minimum Gasteiger partial charge on any atom is -0.496 e.